The Morgan fingerprint density at radius 1 is 1.01 bits per heavy atom. The third-order valence-corrected chi connectivity index (χ3v) is 15.7. The minimum atomic E-state index is -1.85. The van der Waals surface area contributed by atoms with Gasteiger partial charge in [0, 0.05) is 75.9 Å². The number of hydrogen-bond acceptors (Lipinski definition) is 19. The first-order chi connectivity index (χ1) is 33.2. The highest BCUT2D eigenvalue weighted by atomic mass is 16.7. The van der Waals surface area contributed by atoms with Gasteiger partial charge >= 0.3 is 5.97 Å². The molecule has 3 aliphatic heterocycles. The lowest BCUT2D eigenvalue weighted by Gasteiger charge is -2.49. The quantitative estimate of drug-likeness (QED) is 0.0850. The summed E-state index contributed by atoms with van der Waals surface area (Å²) in [5.74, 6) is -2.85. The molecule has 0 spiro atoms. The summed E-state index contributed by atoms with van der Waals surface area (Å²) in [5.41, 5.74) is 3.15. The van der Waals surface area contributed by atoms with E-state index in [4.69, 9.17) is 34.2 Å². The summed E-state index contributed by atoms with van der Waals surface area (Å²) in [6.07, 6.45) is -6.52. The van der Waals surface area contributed by atoms with E-state index in [9.17, 15) is 40.4 Å². The Balaban J connectivity index is 1.43. The molecule has 1 aromatic carbocycles. The molecule has 404 valence electrons. The van der Waals surface area contributed by atoms with Crippen LogP contribution in [0.2, 0.25) is 0 Å². The second-order valence-electron chi connectivity index (χ2n) is 21.6. The summed E-state index contributed by atoms with van der Waals surface area (Å²) in [5, 5.41) is 79.6. The third kappa shape index (κ3) is 13.9. The second-order valence-corrected chi connectivity index (χ2v) is 21.6. The van der Waals surface area contributed by atoms with Gasteiger partial charge in [-0.1, -0.05) is 38.1 Å². The Labute approximate surface area is 419 Å². The number of esters is 1. The van der Waals surface area contributed by atoms with Crippen molar-refractivity contribution in [3.8, 4) is 0 Å². The number of ether oxygens (including phenoxy) is 6. The molecule has 71 heavy (non-hydrogen) atoms. The SMILES string of the molecule is CC[C@H]1OC(=O)[C@H](C)[C@@H](O[C@H]2C[C@@](C)(OC)[C@@H](O)[C@H](C)O2)[C@H](C)[C@@H](O[C@@H]2O[C@H](C)C[C@H](N(C)CCc3cn([C@H](CN)Cc4ccc([N+](=O)[O-])cc4)nn3)[C@H]2O)[C@](C)(O)C[C@@H](C)CN(C)[C@H](C)[C@@H](O)[C@]1(C)O. The van der Waals surface area contributed by atoms with Gasteiger partial charge in [0.15, 0.2) is 12.6 Å². The number of rotatable bonds is 15. The molecule has 4 heterocycles. The fourth-order valence-corrected chi connectivity index (χ4v) is 11.0. The number of cyclic esters (lactones) is 1. The van der Waals surface area contributed by atoms with Gasteiger partial charge in [-0.3, -0.25) is 14.9 Å². The molecule has 0 radical (unpaired) electrons. The highest BCUT2D eigenvalue weighted by molar-refractivity contribution is 5.73. The van der Waals surface area contributed by atoms with Crippen molar-refractivity contribution in [3.63, 3.8) is 0 Å². The van der Waals surface area contributed by atoms with Gasteiger partial charge < -0.3 is 69.5 Å². The van der Waals surface area contributed by atoms with Crippen LogP contribution in [0.5, 0.6) is 0 Å². The van der Waals surface area contributed by atoms with Crippen LogP contribution in [0, 0.1) is 27.9 Å². The first-order valence-corrected chi connectivity index (χ1v) is 25.3. The van der Waals surface area contributed by atoms with Crippen LogP contribution in [0.15, 0.2) is 30.5 Å². The topological polar surface area (TPSA) is 280 Å². The van der Waals surface area contributed by atoms with Crippen molar-refractivity contribution in [1.29, 1.82) is 0 Å². The molecule has 21 heteroatoms. The van der Waals surface area contributed by atoms with E-state index in [1.165, 1.54) is 26.2 Å². The first-order valence-electron chi connectivity index (χ1n) is 25.3. The van der Waals surface area contributed by atoms with Crippen molar-refractivity contribution < 1.29 is 63.7 Å². The van der Waals surface area contributed by atoms with Crippen LogP contribution in [0.25, 0.3) is 0 Å². The summed E-state index contributed by atoms with van der Waals surface area (Å²) >= 11 is 0. The van der Waals surface area contributed by atoms with Crippen LogP contribution in [0.3, 0.4) is 0 Å². The van der Waals surface area contributed by atoms with E-state index in [2.05, 4.69) is 10.3 Å². The lowest BCUT2D eigenvalue weighted by atomic mass is 9.77. The van der Waals surface area contributed by atoms with Crippen molar-refractivity contribution >= 4 is 11.7 Å². The van der Waals surface area contributed by atoms with Gasteiger partial charge in [0.1, 0.15) is 30.0 Å². The molecule has 0 unspecified atom stereocenters. The van der Waals surface area contributed by atoms with E-state index in [1.807, 2.05) is 43.9 Å². The number of carbonyl (C=O) groups excluding carboxylic acids is 1. The largest absolute Gasteiger partial charge is 0.459 e. The summed E-state index contributed by atoms with van der Waals surface area (Å²) in [7, 11) is 5.22. The van der Waals surface area contributed by atoms with Crippen LogP contribution in [-0.2, 0) is 46.1 Å². The maximum absolute atomic E-state index is 14.5. The molecule has 1 aromatic heterocycles. The van der Waals surface area contributed by atoms with E-state index in [0.29, 0.717) is 38.0 Å². The van der Waals surface area contributed by atoms with Crippen LogP contribution >= 0.6 is 0 Å². The smallest absolute Gasteiger partial charge is 0.311 e. The van der Waals surface area contributed by atoms with E-state index in [1.54, 1.807) is 65.3 Å². The molecule has 3 aliphatic rings. The number of aromatic nitrogens is 3. The van der Waals surface area contributed by atoms with Gasteiger partial charge in [-0.15, -0.1) is 5.10 Å². The number of benzene rings is 1. The van der Waals surface area contributed by atoms with E-state index < -0.39 is 107 Å². The van der Waals surface area contributed by atoms with Crippen LogP contribution in [-0.4, -0.2) is 192 Å². The minimum absolute atomic E-state index is 0.00800. The molecular formula is C50H85N7O14. The molecule has 3 fully saturated rings. The van der Waals surface area contributed by atoms with E-state index >= 15 is 0 Å². The van der Waals surface area contributed by atoms with Gasteiger partial charge in [0.25, 0.3) is 5.69 Å². The normalized spacial score (nSPS) is 39.9. The number of hydrogen-bond donors (Lipinski definition) is 6. The number of non-ortho nitro benzene ring substituents is 1. The number of likely N-dealkylation sites (N-methyl/N-ethyl adjacent to an activating group) is 2. The van der Waals surface area contributed by atoms with E-state index in [0.717, 1.165) is 5.56 Å². The molecule has 0 bridgehead atoms. The fraction of sp³-hybridized carbons (Fsp3) is 0.820. The van der Waals surface area contributed by atoms with E-state index in [-0.39, 0.29) is 49.6 Å². The van der Waals surface area contributed by atoms with Crippen molar-refractivity contribution in [3.05, 3.63) is 51.8 Å². The Morgan fingerprint density at radius 3 is 2.28 bits per heavy atom. The third-order valence-electron chi connectivity index (χ3n) is 15.7. The fourth-order valence-electron chi connectivity index (χ4n) is 11.0. The number of aliphatic hydroxyl groups is 5. The van der Waals surface area contributed by atoms with Crippen molar-refractivity contribution in [2.45, 2.75) is 204 Å². The number of aliphatic hydroxyl groups excluding tert-OH is 3. The predicted molar refractivity (Wildman–Crippen MR) is 262 cm³/mol. The number of nitrogens with two attached hydrogens (primary N) is 1. The number of nitro groups is 1. The molecule has 0 saturated carbocycles. The molecule has 21 nitrogen and oxygen atoms in total. The number of nitro benzene ring substituents is 1. The maximum Gasteiger partial charge on any atom is 0.311 e. The van der Waals surface area contributed by atoms with Gasteiger partial charge in [0.2, 0.25) is 0 Å². The van der Waals surface area contributed by atoms with Crippen LogP contribution in [0.1, 0.15) is 112 Å². The predicted octanol–water partition coefficient (Wildman–Crippen LogP) is 2.76. The van der Waals surface area contributed by atoms with Crippen LogP contribution in [0.4, 0.5) is 5.69 Å². The van der Waals surface area contributed by atoms with Gasteiger partial charge in [-0.2, -0.15) is 0 Å². The molecule has 7 N–H and O–H groups in total. The highest BCUT2D eigenvalue weighted by Gasteiger charge is 2.53. The molecule has 19 atom stereocenters. The molecule has 0 aliphatic carbocycles. The molecule has 3 saturated heterocycles. The average molecular weight is 1010 g/mol. The Morgan fingerprint density at radius 2 is 1.68 bits per heavy atom. The zero-order valence-corrected chi connectivity index (χ0v) is 44.2. The summed E-state index contributed by atoms with van der Waals surface area (Å²) in [6, 6.07) is 5.06. The summed E-state index contributed by atoms with van der Waals surface area (Å²) < 4.78 is 39.9. The number of nitrogens with zero attached hydrogens (tertiary/aromatic N) is 6. The molecule has 2 aromatic rings. The van der Waals surface area contributed by atoms with Crippen LogP contribution < -0.4 is 5.73 Å². The Kier molecular flexibility index (Phi) is 20.1. The molecule has 5 rings (SSSR count). The Bertz CT molecular complexity index is 2010. The highest BCUT2D eigenvalue weighted by Crippen LogP contribution is 2.40. The maximum atomic E-state index is 14.5. The lowest BCUT2D eigenvalue weighted by molar-refractivity contribution is -0.384. The zero-order chi connectivity index (χ0) is 52.9. The number of methoxy groups -OCH3 is 1. The molecule has 0 amide bonds. The first kappa shape index (κ1) is 58.6. The van der Waals surface area contributed by atoms with Gasteiger partial charge in [-0.25, -0.2) is 4.68 Å². The second kappa shape index (κ2) is 24.4. The monoisotopic (exact) mass is 1010 g/mol. The van der Waals surface area contributed by atoms with Crippen molar-refractivity contribution in [1.82, 2.24) is 24.8 Å². The average Bonchev–Trinajstić information content (AvgIpc) is 3.79. The van der Waals surface area contributed by atoms with Gasteiger partial charge in [-0.05, 0) is 99.7 Å². The zero-order valence-electron chi connectivity index (χ0n) is 44.2. The molecular weight excluding hydrogens is 923 g/mol. The van der Waals surface area contributed by atoms with Crippen molar-refractivity contribution in [2.24, 2.45) is 23.5 Å². The van der Waals surface area contributed by atoms with Crippen molar-refractivity contribution in [2.75, 3.05) is 40.8 Å². The lowest BCUT2D eigenvalue weighted by Crippen LogP contribution is -2.61. The number of carbonyl (C=O) groups is 1. The summed E-state index contributed by atoms with van der Waals surface area (Å²) in [4.78, 5) is 29.1. The van der Waals surface area contributed by atoms with Gasteiger partial charge in [0.05, 0.1) is 58.2 Å². The summed E-state index contributed by atoms with van der Waals surface area (Å²) in [6.45, 7) is 18.6. The Hall–Kier alpha value is -3.29. The minimum Gasteiger partial charge on any atom is -0.459 e. The standard InChI is InChI=1S/C50H85N7O14/c1-14-39-50(10,63)43(59)32(6)55(12)26-28(2)23-48(8,62)45(30(4)42(31(5)46(61)69-39)70-40-24-49(9,66-13)44(60)33(7)68-40)71-47-41(58)38(21-29(3)67-47)54(11)20-19-35-27-56(53-52-35)37(25-51)22-34-15-17-36(18-16-34)57(64)65/h15-18,27-33,37-45,47,58-60,62-63H,14,19-26,51H2,1-13H3/t28-,29-,30+,31-,32-,33+,37+,38+,39-,40+,41-,42+,43-,44+,45-,47+,48-,49-,50-/m1/s1.